The predicted octanol–water partition coefficient (Wildman–Crippen LogP) is 3.24. The summed E-state index contributed by atoms with van der Waals surface area (Å²) in [6.07, 6.45) is 4.59. The first kappa shape index (κ1) is 17.5. The normalized spacial score (nSPS) is 16.9. The molecule has 7 heteroatoms. The van der Waals surface area contributed by atoms with Crippen molar-refractivity contribution >= 4 is 28.3 Å². The van der Waals surface area contributed by atoms with E-state index in [1.165, 1.54) is 11.3 Å². The Kier molecular flexibility index (Phi) is 5.43. The van der Waals surface area contributed by atoms with Crippen LogP contribution in [0.2, 0.25) is 0 Å². The third-order valence-electron chi connectivity index (χ3n) is 4.26. The number of pyridine rings is 1. The van der Waals surface area contributed by atoms with Crippen LogP contribution in [0, 0.1) is 6.92 Å². The van der Waals surface area contributed by atoms with Gasteiger partial charge in [0, 0.05) is 19.2 Å². The number of hydrogen-bond acceptors (Lipinski definition) is 5. The lowest BCUT2D eigenvalue weighted by atomic mass is 10.2. The highest BCUT2D eigenvalue weighted by Crippen LogP contribution is 2.31. The minimum Gasteiger partial charge on any atom is -0.331 e. The van der Waals surface area contributed by atoms with E-state index in [9.17, 15) is 9.59 Å². The van der Waals surface area contributed by atoms with Crippen LogP contribution in [-0.2, 0) is 9.59 Å². The van der Waals surface area contributed by atoms with Gasteiger partial charge < -0.3 is 10.2 Å². The Morgan fingerprint density at radius 3 is 2.96 bits per heavy atom. The molecule has 1 atom stereocenters. The van der Waals surface area contributed by atoms with Crippen LogP contribution in [0.1, 0.15) is 38.3 Å². The second-order valence-corrected chi connectivity index (χ2v) is 7.13. The average molecular weight is 358 g/mol. The number of carbonyl (C=O) groups is 2. The van der Waals surface area contributed by atoms with E-state index in [0.717, 1.165) is 29.1 Å². The van der Waals surface area contributed by atoms with Gasteiger partial charge in [0.2, 0.25) is 11.8 Å². The van der Waals surface area contributed by atoms with Gasteiger partial charge in [0.15, 0.2) is 5.13 Å². The molecular formula is C18H22N4O2S. The van der Waals surface area contributed by atoms with Gasteiger partial charge in [0.25, 0.3) is 0 Å². The second-order valence-electron chi connectivity index (χ2n) is 6.13. The molecular weight excluding hydrogens is 336 g/mol. The molecule has 132 valence electrons. The standard InChI is InChI=1S/C18H22N4O2S/c1-3-7-15(23)22-11-6-9-14(22)17(24)21-18-20-12(2)16(25-18)13-8-4-5-10-19-13/h4-5,8,10,14H,3,6-7,9,11H2,1-2H3,(H,20,21,24)/t14-/m1/s1. The number of anilines is 1. The van der Waals surface area contributed by atoms with Gasteiger partial charge in [-0.1, -0.05) is 24.3 Å². The molecule has 6 nitrogen and oxygen atoms in total. The highest BCUT2D eigenvalue weighted by atomic mass is 32.1. The quantitative estimate of drug-likeness (QED) is 0.890. The van der Waals surface area contributed by atoms with Crippen molar-refractivity contribution in [2.24, 2.45) is 0 Å². The fraction of sp³-hybridized carbons (Fsp3) is 0.444. The number of nitrogens with zero attached hydrogens (tertiary/aromatic N) is 3. The minimum absolute atomic E-state index is 0.0599. The fourth-order valence-electron chi connectivity index (χ4n) is 3.07. The van der Waals surface area contributed by atoms with Gasteiger partial charge in [-0.2, -0.15) is 0 Å². The maximum atomic E-state index is 12.6. The summed E-state index contributed by atoms with van der Waals surface area (Å²) in [7, 11) is 0. The van der Waals surface area contributed by atoms with Crippen LogP contribution in [-0.4, -0.2) is 39.3 Å². The van der Waals surface area contributed by atoms with Crippen molar-refractivity contribution < 1.29 is 9.59 Å². The summed E-state index contributed by atoms with van der Waals surface area (Å²) in [6.45, 7) is 4.54. The van der Waals surface area contributed by atoms with E-state index in [-0.39, 0.29) is 17.9 Å². The lowest BCUT2D eigenvalue weighted by molar-refractivity contribution is -0.136. The second kappa shape index (κ2) is 7.74. The van der Waals surface area contributed by atoms with Gasteiger partial charge in [0.05, 0.1) is 16.3 Å². The maximum Gasteiger partial charge on any atom is 0.248 e. The maximum absolute atomic E-state index is 12.6. The Balaban J connectivity index is 1.72. The third-order valence-corrected chi connectivity index (χ3v) is 5.36. The van der Waals surface area contributed by atoms with E-state index in [4.69, 9.17) is 0 Å². The first-order valence-corrected chi connectivity index (χ1v) is 9.41. The number of likely N-dealkylation sites (tertiary alicyclic amines) is 1. The van der Waals surface area contributed by atoms with Crippen molar-refractivity contribution in [3.63, 3.8) is 0 Å². The molecule has 0 radical (unpaired) electrons. The van der Waals surface area contributed by atoms with Gasteiger partial charge in [-0.3, -0.25) is 14.6 Å². The van der Waals surface area contributed by atoms with Crippen LogP contribution in [0.4, 0.5) is 5.13 Å². The van der Waals surface area contributed by atoms with Crippen molar-refractivity contribution in [1.29, 1.82) is 0 Å². The number of rotatable bonds is 5. The number of aromatic nitrogens is 2. The summed E-state index contributed by atoms with van der Waals surface area (Å²) in [5, 5.41) is 3.44. The summed E-state index contributed by atoms with van der Waals surface area (Å²) >= 11 is 1.41. The Morgan fingerprint density at radius 1 is 1.40 bits per heavy atom. The molecule has 2 aromatic rings. The highest BCUT2D eigenvalue weighted by Gasteiger charge is 2.34. The number of nitrogens with one attached hydrogen (secondary N) is 1. The van der Waals surface area contributed by atoms with Crippen molar-refractivity contribution in [3.8, 4) is 10.6 Å². The fourth-order valence-corrected chi connectivity index (χ4v) is 4.01. The van der Waals surface area contributed by atoms with Crippen LogP contribution in [0.25, 0.3) is 10.6 Å². The summed E-state index contributed by atoms with van der Waals surface area (Å²) in [5.41, 5.74) is 1.68. The third kappa shape index (κ3) is 3.87. The largest absolute Gasteiger partial charge is 0.331 e. The van der Waals surface area contributed by atoms with Crippen LogP contribution >= 0.6 is 11.3 Å². The van der Waals surface area contributed by atoms with Gasteiger partial charge in [-0.25, -0.2) is 4.98 Å². The molecule has 2 amide bonds. The molecule has 1 fully saturated rings. The molecule has 3 rings (SSSR count). The van der Waals surface area contributed by atoms with Crippen LogP contribution < -0.4 is 5.32 Å². The Bertz CT molecular complexity index is 760. The van der Waals surface area contributed by atoms with E-state index < -0.39 is 0 Å². The number of amides is 2. The van der Waals surface area contributed by atoms with E-state index in [1.807, 2.05) is 32.0 Å². The van der Waals surface area contributed by atoms with Crippen molar-refractivity contribution in [2.75, 3.05) is 11.9 Å². The van der Waals surface area contributed by atoms with E-state index >= 15 is 0 Å². The minimum atomic E-state index is -0.387. The molecule has 0 bridgehead atoms. The van der Waals surface area contributed by atoms with Crippen molar-refractivity contribution in [3.05, 3.63) is 30.1 Å². The zero-order valence-electron chi connectivity index (χ0n) is 14.5. The van der Waals surface area contributed by atoms with Gasteiger partial charge in [-0.05, 0) is 38.3 Å². The van der Waals surface area contributed by atoms with E-state index in [2.05, 4.69) is 15.3 Å². The molecule has 25 heavy (non-hydrogen) atoms. The molecule has 1 aliphatic heterocycles. The highest BCUT2D eigenvalue weighted by molar-refractivity contribution is 7.19. The Hall–Kier alpha value is -2.28. The molecule has 3 heterocycles. The lowest BCUT2D eigenvalue weighted by Gasteiger charge is -2.23. The molecule has 0 spiro atoms. The van der Waals surface area contributed by atoms with Crippen LogP contribution in [0.3, 0.4) is 0 Å². The van der Waals surface area contributed by atoms with E-state index in [0.29, 0.717) is 24.5 Å². The average Bonchev–Trinajstić information content (AvgIpc) is 3.23. The number of carbonyl (C=O) groups excluding carboxylic acids is 2. The molecule has 1 N–H and O–H groups in total. The first-order chi connectivity index (χ1) is 12.1. The zero-order valence-corrected chi connectivity index (χ0v) is 15.3. The Labute approximate surface area is 151 Å². The predicted molar refractivity (Wildman–Crippen MR) is 98.4 cm³/mol. The van der Waals surface area contributed by atoms with Crippen molar-refractivity contribution in [1.82, 2.24) is 14.9 Å². The number of aryl methyl sites for hydroxylation is 1. The SMILES string of the molecule is CCCC(=O)N1CCC[C@@H]1C(=O)Nc1nc(C)c(-c2ccccn2)s1. The lowest BCUT2D eigenvalue weighted by Crippen LogP contribution is -2.43. The topological polar surface area (TPSA) is 75.2 Å². The summed E-state index contributed by atoms with van der Waals surface area (Å²) in [6, 6.07) is 5.33. The molecule has 0 saturated carbocycles. The van der Waals surface area contributed by atoms with Crippen LogP contribution in [0.15, 0.2) is 24.4 Å². The molecule has 2 aromatic heterocycles. The molecule has 0 aliphatic carbocycles. The van der Waals surface area contributed by atoms with Crippen LogP contribution in [0.5, 0.6) is 0 Å². The first-order valence-electron chi connectivity index (χ1n) is 8.59. The van der Waals surface area contributed by atoms with Gasteiger partial charge in [0.1, 0.15) is 6.04 Å². The molecule has 0 aromatic carbocycles. The van der Waals surface area contributed by atoms with E-state index in [1.54, 1.807) is 11.1 Å². The smallest absolute Gasteiger partial charge is 0.248 e. The Morgan fingerprint density at radius 2 is 2.24 bits per heavy atom. The molecule has 1 aliphatic rings. The number of hydrogen-bond donors (Lipinski definition) is 1. The molecule has 1 saturated heterocycles. The summed E-state index contributed by atoms with van der Waals surface area (Å²) < 4.78 is 0. The monoisotopic (exact) mass is 358 g/mol. The zero-order chi connectivity index (χ0) is 17.8. The van der Waals surface area contributed by atoms with Gasteiger partial charge >= 0.3 is 0 Å². The molecule has 0 unspecified atom stereocenters. The summed E-state index contributed by atoms with van der Waals surface area (Å²) in [5.74, 6) is -0.0899. The number of thiazole rings is 1. The summed E-state index contributed by atoms with van der Waals surface area (Å²) in [4.78, 5) is 36.3. The van der Waals surface area contributed by atoms with Crippen molar-refractivity contribution in [2.45, 2.75) is 45.6 Å². The van der Waals surface area contributed by atoms with Gasteiger partial charge in [-0.15, -0.1) is 0 Å².